The summed E-state index contributed by atoms with van der Waals surface area (Å²) in [5.41, 5.74) is 0. The quantitative estimate of drug-likeness (QED) is 0.548. The molecule has 0 amide bonds. The smallest absolute Gasteiger partial charge is 0.334 e. The molecule has 0 heterocycles. The highest BCUT2D eigenvalue weighted by molar-refractivity contribution is 6.64. The minimum Gasteiger partial charge on any atom is -0.334 e. The van der Waals surface area contributed by atoms with Crippen molar-refractivity contribution in [2.24, 2.45) is 0 Å². The highest BCUT2D eigenvalue weighted by Crippen LogP contribution is 2.33. The van der Waals surface area contributed by atoms with E-state index in [9.17, 15) is 26.3 Å². The Balaban J connectivity index is 4.71. The van der Waals surface area contributed by atoms with Gasteiger partial charge in [-0.05, 0) is 26.9 Å². The van der Waals surface area contributed by atoms with Crippen LogP contribution in [0.1, 0.15) is 13.8 Å². The van der Waals surface area contributed by atoms with E-state index in [1.807, 2.05) is 0 Å². The molecular formula is C8H14F6O2Si. The third kappa shape index (κ3) is 5.26. The van der Waals surface area contributed by atoms with E-state index in [-0.39, 0.29) is 0 Å². The molecule has 0 aliphatic heterocycles. The molecular weight excluding hydrogens is 270 g/mol. The lowest BCUT2D eigenvalue weighted by molar-refractivity contribution is -0.266. The second-order valence-electron chi connectivity index (χ2n) is 3.96. The van der Waals surface area contributed by atoms with Gasteiger partial charge in [0.25, 0.3) is 0 Å². The standard InChI is InChI=1S/C8H14F6O2Si/c1-5(9)7(11,12)15-17(3,4)16-8(13,14)6(2)10/h5-6H,1-4H3. The maximum absolute atomic E-state index is 12.8. The van der Waals surface area contributed by atoms with Gasteiger partial charge in [0.15, 0.2) is 12.3 Å². The fourth-order valence-electron chi connectivity index (χ4n) is 0.839. The van der Waals surface area contributed by atoms with E-state index >= 15 is 0 Å². The van der Waals surface area contributed by atoms with Crippen LogP contribution in [0.15, 0.2) is 0 Å². The van der Waals surface area contributed by atoms with Crippen molar-refractivity contribution in [2.75, 3.05) is 0 Å². The summed E-state index contributed by atoms with van der Waals surface area (Å²) in [6.45, 7) is 2.72. The Hall–Kier alpha value is -0.283. The molecule has 104 valence electrons. The van der Waals surface area contributed by atoms with Crippen LogP contribution in [-0.4, -0.2) is 33.1 Å². The predicted molar refractivity (Wildman–Crippen MR) is 50.7 cm³/mol. The summed E-state index contributed by atoms with van der Waals surface area (Å²) in [6, 6.07) is 0. The Morgan fingerprint density at radius 1 is 0.824 bits per heavy atom. The minimum atomic E-state index is -4.24. The van der Waals surface area contributed by atoms with Crippen LogP contribution in [0.5, 0.6) is 0 Å². The first kappa shape index (κ1) is 16.7. The molecule has 17 heavy (non-hydrogen) atoms. The lowest BCUT2D eigenvalue weighted by Gasteiger charge is -2.32. The van der Waals surface area contributed by atoms with Gasteiger partial charge in [0, 0.05) is 0 Å². The van der Waals surface area contributed by atoms with Gasteiger partial charge < -0.3 is 8.85 Å². The minimum absolute atomic E-state index is 0.514. The third-order valence-electron chi connectivity index (χ3n) is 1.69. The van der Waals surface area contributed by atoms with Crippen LogP contribution in [0, 0.1) is 0 Å². The summed E-state index contributed by atoms with van der Waals surface area (Å²) in [5.74, 6) is 0. The summed E-state index contributed by atoms with van der Waals surface area (Å²) in [4.78, 5) is 0. The van der Waals surface area contributed by atoms with Gasteiger partial charge in [-0.2, -0.15) is 17.6 Å². The van der Waals surface area contributed by atoms with Crippen LogP contribution in [0.3, 0.4) is 0 Å². The van der Waals surface area contributed by atoms with Crippen LogP contribution in [0.2, 0.25) is 13.1 Å². The molecule has 0 aromatic rings. The fourth-order valence-corrected chi connectivity index (χ4v) is 2.52. The molecule has 0 saturated heterocycles. The van der Waals surface area contributed by atoms with Gasteiger partial charge in [0.05, 0.1) is 0 Å². The predicted octanol–water partition coefficient (Wildman–Crippen LogP) is 3.62. The normalized spacial score (nSPS) is 18.0. The largest absolute Gasteiger partial charge is 0.379 e. The van der Waals surface area contributed by atoms with Crippen LogP contribution in [0.25, 0.3) is 0 Å². The Bertz CT molecular complexity index is 232. The summed E-state index contributed by atoms with van der Waals surface area (Å²) in [5, 5.41) is 0. The number of alkyl halides is 6. The van der Waals surface area contributed by atoms with Gasteiger partial charge in [-0.1, -0.05) is 0 Å². The SMILES string of the molecule is CC(F)C(F)(F)O[Si](C)(C)OC(F)(F)C(C)F. The van der Waals surface area contributed by atoms with Crippen LogP contribution in [0.4, 0.5) is 26.3 Å². The summed E-state index contributed by atoms with van der Waals surface area (Å²) in [6.07, 6.45) is -13.9. The molecule has 0 N–H and O–H groups in total. The summed E-state index contributed by atoms with van der Waals surface area (Å²) in [7, 11) is -4.08. The van der Waals surface area contributed by atoms with Gasteiger partial charge in [0.1, 0.15) is 0 Å². The van der Waals surface area contributed by atoms with Gasteiger partial charge in [-0.3, -0.25) is 0 Å². The molecule has 0 aliphatic rings. The lowest BCUT2D eigenvalue weighted by atomic mass is 10.4. The maximum atomic E-state index is 12.8. The van der Waals surface area contributed by atoms with Crippen molar-refractivity contribution in [3.63, 3.8) is 0 Å². The molecule has 2 atom stereocenters. The molecule has 0 spiro atoms. The Kier molecular flexibility index (Phi) is 5.06. The summed E-state index contributed by atoms with van der Waals surface area (Å²) < 4.78 is 84.1. The van der Waals surface area contributed by atoms with Gasteiger partial charge in [-0.25, -0.2) is 8.78 Å². The van der Waals surface area contributed by atoms with E-state index in [4.69, 9.17) is 0 Å². The van der Waals surface area contributed by atoms with E-state index in [0.29, 0.717) is 13.8 Å². The number of hydrogen-bond acceptors (Lipinski definition) is 2. The van der Waals surface area contributed by atoms with Crippen molar-refractivity contribution in [1.82, 2.24) is 0 Å². The highest BCUT2D eigenvalue weighted by atomic mass is 28.4. The van der Waals surface area contributed by atoms with E-state index in [1.165, 1.54) is 0 Å². The molecule has 0 saturated carbocycles. The zero-order valence-electron chi connectivity index (χ0n) is 9.74. The molecule has 0 aromatic carbocycles. The average molecular weight is 284 g/mol. The number of hydrogen-bond donors (Lipinski definition) is 0. The van der Waals surface area contributed by atoms with Crippen molar-refractivity contribution in [3.8, 4) is 0 Å². The molecule has 0 rings (SSSR count). The van der Waals surface area contributed by atoms with Crippen molar-refractivity contribution in [3.05, 3.63) is 0 Å². The van der Waals surface area contributed by atoms with Crippen LogP contribution < -0.4 is 0 Å². The van der Waals surface area contributed by atoms with Crippen LogP contribution in [-0.2, 0) is 8.85 Å². The molecule has 0 aromatic heterocycles. The van der Waals surface area contributed by atoms with Crippen molar-refractivity contribution < 1.29 is 35.2 Å². The van der Waals surface area contributed by atoms with Crippen molar-refractivity contribution >= 4 is 8.56 Å². The monoisotopic (exact) mass is 284 g/mol. The molecule has 0 bridgehead atoms. The van der Waals surface area contributed by atoms with E-state index in [0.717, 1.165) is 13.1 Å². The van der Waals surface area contributed by atoms with Gasteiger partial charge >= 0.3 is 20.8 Å². The van der Waals surface area contributed by atoms with E-state index < -0.39 is 33.1 Å². The van der Waals surface area contributed by atoms with Gasteiger partial charge in [0.2, 0.25) is 0 Å². The van der Waals surface area contributed by atoms with E-state index in [2.05, 4.69) is 8.85 Å². The molecule has 0 fully saturated rings. The second kappa shape index (κ2) is 5.15. The Morgan fingerprint density at radius 3 is 1.24 bits per heavy atom. The molecule has 0 radical (unpaired) electrons. The zero-order chi connectivity index (χ0) is 14.1. The Labute approximate surface area is 96.1 Å². The maximum Gasteiger partial charge on any atom is 0.379 e. The molecule has 0 aliphatic carbocycles. The van der Waals surface area contributed by atoms with Crippen molar-refractivity contribution in [2.45, 2.75) is 51.5 Å². The van der Waals surface area contributed by atoms with Crippen molar-refractivity contribution in [1.29, 1.82) is 0 Å². The first-order chi connectivity index (χ1) is 7.30. The second-order valence-corrected chi connectivity index (χ2v) is 7.17. The summed E-state index contributed by atoms with van der Waals surface area (Å²) >= 11 is 0. The number of rotatable bonds is 6. The lowest BCUT2D eigenvalue weighted by Crippen LogP contribution is -2.51. The average Bonchev–Trinajstić information content (AvgIpc) is 1.98. The number of halogens is 6. The topological polar surface area (TPSA) is 18.5 Å². The molecule has 2 nitrogen and oxygen atoms in total. The molecule has 9 heteroatoms. The van der Waals surface area contributed by atoms with Gasteiger partial charge in [-0.15, -0.1) is 0 Å². The molecule has 2 unspecified atom stereocenters. The first-order valence-corrected chi connectivity index (χ1v) is 7.56. The Morgan fingerprint density at radius 2 is 1.06 bits per heavy atom. The highest BCUT2D eigenvalue weighted by Gasteiger charge is 2.51. The zero-order valence-corrected chi connectivity index (χ0v) is 10.7. The first-order valence-electron chi connectivity index (χ1n) is 4.74. The van der Waals surface area contributed by atoms with Crippen LogP contribution >= 0.6 is 0 Å². The fraction of sp³-hybridized carbons (Fsp3) is 1.00. The van der Waals surface area contributed by atoms with E-state index in [1.54, 1.807) is 0 Å². The third-order valence-corrected chi connectivity index (χ3v) is 3.22.